The van der Waals surface area contributed by atoms with Crippen molar-refractivity contribution < 1.29 is 19.5 Å². The molecular weight excluding hydrogens is 236 g/mol. The Kier molecular flexibility index (Phi) is 11.3. The van der Waals surface area contributed by atoms with Gasteiger partial charge >= 0.3 is 5.97 Å². The zero-order valence-corrected chi connectivity index (χ0v) is 11.6. The second-order valence-corrected chi connectivity index (χ2v) is 3.67. The number of carbonyl (C=O) groups excluding carboxylic acids is 2. The summed E-state index contributed by atoms with van der Waals surface area (Å²) >= 11 is 0. The number of nitrogens with two attached hydrogens (primary N) is 1. The SMILES string of the molecule is CC.CCCN(CC(C)=O)C(=O)C(N)CC(=O)O. The molecule has 106 valence electrons. The van der Waals surface area contributed by atoms with Crippen LogP contribution in [0, 0.1) is 0 Å². The zero-order chi connectivity index (χ0) is 14.7. The maximum absolute atomic E-state index is 11.7. The molecule has 0 radical (unpaired) electrons. The first-order valence-electron chi connectivity index (χ1n) is 6.14. The molecular formula is C12H24N2O4. The number of carbonyl (C=O) groups is 3. The summed E-state index contributed by atoms with van der Waals surface area (Å²) in [5, 5.41) is 8.51. The first-order valence-corrected chi connectivity index (χ1v) is 6.14. The van der Waals surface area contributed by atoms with Crippen molar-refractivity contribution in [2.24, 2.45) is 5.73 Å². The molecule has 18 heavy (non-hydrogen) atoms. The highest BCUT2D eigenvalue weighted by molar-refractivity contribution is 5.89. The number of carboxylic acids is 1. The molecule has 0 aliphatic rings. The van der Waals surface area contributed by atoms with Crippen LogP contribution < -0.4 is 5.73 Å². The largest absolute Gasteiger partial charge is 0.481 e. The Morgan fingerprint density at radius 3 is 2.11 bits per heavy atom. The first-order chi connectivity index (χ1) is 8.38. The Labute approximate surface area is 108 Å². The number of hydrogen-bond donors (Lipinski definition) is 2. The monoisotopic (exact) mass is 260 g/mol. The number of Topliss-reactive ketones (excluding diaryl/α,β-unsaturated/α-hetero) is 1. The molecule has 0 saturated heterocycles. The van der Waals surface area contributed by atoms with E-state index in [1.807, 2.05) is 20.8 Å². The summed E-state index contributed by atoms with van der Waals surface area (Å²) < 4.78 is 0. The molecule has 1 atom stereocenters. The number of rotatable bonds is 7. The summed E-state index contributed by atoms with van der Waals surface area (Å²) in [6, 6.07) is -1.08. The average molecular weight is 260 g/mol. The first kappa shape index (κ1) is 18.9. The van der Waals surface area contributed by atoms with Gasteiger partial charge in [0, 0.05) is 6.54 Å². The molecule has 6 heteroatoms. The van der Waals surface area contributed by atoms with Crippen LogP contribution in [0.2, 0.25) is 0 Å². The van der Waals surface area contributed by atoms with E-state index in [0.717, 1.165) is 0 Å². The van der Waals surface area contributed by atoms with Crippen molar-refractivity contribution in [2.75, 3.05) is 13.1 Å². The molecule has 1 unspecified atom stereocenters. The lowest BCUT2D eigenvalue weighted by Crippen LogP contribution is -2.46. The minimum atomic E-state index is -1.12. The lowest BCUT2D eigenvalue weighted by molar-refractivity contribution is -0.142. The van der Waals surface area contributed by atoms with E-state index in [2.05, 4.69) is 0 Å². The Bertz CT molecular complexity index is 279. The van der Waals surface area contributed by atoms with Crippen LogP contribution in [0.15, 0.2) is 0 Å². The Balaban J connectivity index is 0. The van der Waals surface area contributed by atoms with E-state index in [1.54, 1.807) is 0 Å². The lowest BCUT2D eigenvalue weighted by Gasteiger charge is -2.23. The van der Waals surface area contributed by atoms with Crippen LogP contribution in [0.4, 0.5) is 0 Å². The quantitative estimate of drug-likeness (QED) is 0.699. The van der Waals surface area contributed by atoms with E-state index in [4.69, 9.17) is 10.8 Å². The highest BCUT2D eigenvalue weighted by atomic mass is 16.4. The topological polar surface area (TPSA) is 101 Å². The van der Waals surface area contributed by atoms with Crippen LogP contribution in [0.3, 0.4) is 0 Å². The summed E-state index contributed by atoms with van der Waals surface area (Å²) in [5.41, 5.74) is 5.44. The molecule has 0 aromatic carbocycles. The van der Waals surface area contributed by atoms with Crippen molar-refractivity contribution in [3.8, 4) is 0 Å². The third-order valence-corrected chi connectivity index (χ3v) is 1.93. The molecule has 3 N–H and O–H groups in total. The smallest absolute Gasteiger partial charge is 0.305 e. The maximum atomic E-state index is 11.7. The lowest BCUT2D eigenvalue weighted by atomic mass is 10.2. The molecule has 0 aromatic rings. The van der Waals surface area contributed by atoms with Crippen molar-refractivity contribution in [3.63, 3.8) is 0 Å². The third-order valence-electron chi connectivity index (χ3n) is 1.93. The van der Waals surface area contributed by atoms with E-state index >= 15 is 0 Å². The summed E-state index contributed by atoms with van der Waals surface area (Å²) in [7, 11) is 0. The number of aliphatic carboxylic acids is 1. The molecule has 0 heterocycles. The molecule has 0 aromatic heterocycles. The summed E-state index contributed by atoms with van der Waals surface area (Å²) in [5.74, 6) is -1.76. The molecule has 0 aliphatic carbocycles. The van der Waals surface area contributed by atoms with Gasteiger partial charge in [-0.25, -0.2) is 0 Å². The van der Waals surface area contributed by atoms with E-state index in [-0.39, 0.29) is 12.3 Å². The minimum absolute atomic E-state index is 0.0139. The average Bonchev–Trinajstić information content (AvgIpc) is 2.28. The maximum Gasteiger partial charge on any atom is 0.305 e. The van der Waals surface area contributed by atoms with Gasteiger partial charge in [0.1, 0.15) is 5.78 Å². The van der Waals surface area contributed by atoms with Gasteiger partial charge in [0.25, 0.3) is 0 Å². The van der Waals surface area contributed by atoms with Gasteiger partial charge in [-0.15, -0.1) is 0 Å². The summed E-state index contributed by atoms with van der Waals surface area (Å²) in [6.07, 6.45) is 0.274. The molecule has 1 amide bonds. The van der Waals surface area contributed by atoms with Gasteiger partial charge in [0.05, 0.1) is 19.0 Å². The van der Waals surface area contributed by atoms with Crippen LogP contribution >= 0.6 is 0 Å². The second-order valence-electron chi connectivity index (χ2n) is 3.67. The number of carboxylic acid groups (broad SMARTS) is 1. The molecule has 0 rings (SSSR count). The Hall–Kier alpha value is -1.43. The fourth-order valence-electron chi connectivity index (χ4n) is 1.32. The zero-order valence-electron chi connectivity index (χ0n) is 11.6. The van der Waals surface area contributed by atoms with E-state index in [0.29, 0.717) is 13.0 Å². The highest BCUT2D eigenvalue weighted by Gasteiger charge is 2.23. The standard InChI is InChI=1S/C10H18N2O4.C2H6/c1-3-4-12(6-7(2)13)10(16)8(11)5-9(14)15;1-2/h8H,3-6,11H2,1-2H3,(H,14,15);1-2H3. The Morgan fingerprint density at radius 1 is 1.28 bits per heavy atom. The summed E-state index contributed by atoms with van der Waals surface area (Å²) in [4.78, 5) is 34.3. The molecule has 0 spiro atoms. The normalized spacial score (nSPS) is 10.9. The van der Waals surface area contributed by atoms with E-state index in [9.17, 15) is 14.4 Å². The molecule has 0 bridgehead atoms. The van der Waals surface area contributed by atoms with Crippen LogP contribution in [-0.4, -0.2) is 46.8 Å². The number of nitrogens with zero attached hydrogens (tertiary/aromatic N) is 1. The van der Waals surface area contributed by atoms with Gasteiger partial charge in [-0.1, -0.05) is 20.8 Å². The fourth-order valence-corrected chi connectivity index (χ4v) is 1.32. The Morgan fingerprint density at radius 2 is 1.78 bits per heavy atom. The van der Waals surface area contributed by atoms with Gasteiger partial charge in [-0.3, -0.25) is 14.4 Å². The van der Waals surface area contributed by atoms with Gasteiger partial charge in [-0.05, 0) is 13.3 Å². The third kappa shape index (κ3) is 8.69. The van der Waals surface area contributed by atoms with Crippen LogP contribution in [0.25, 0.3) is 0 Å². The van der Waals surface area contributed by atoms with E-state index in [1.165, 1.54) is 11.8 Å². The van der Waals surface area contributed by atoms with Crippen molar-refractivity contribution in [3.05, 3.63) is 0 Å². The summed E-state index contributed by atoms with van der Waals surface area (Å²) in [6.45, 7) is 7.63. The van der Waals surface area contributed by atoms with Gasteiger partial charge < -0.3 is 15.7 Å². The molecule has 0 aliphatic heterocycles. The van der Waals surface area contributed by atoms with E-state index < -0.39 is 24.3 Å². The van der Waals surface area contributed by atoms with Crippen LogP contribution in [0.5, 0.6) is 0 Å². The molecule has 0 fully saturated rings. The fraction of sp³-hybridized carbons (Fsp3) is 0.750. The minimum Gasteiger partial charge on any atom is -0.481 e. The number of hydrogen-bond acceptors (Lipinski definition) is 4. The van der Waals surface area contributed by atoms with Crippen LogP contribution in [-0.2, 0) is 14.4 Å². The predicted octanol–water partition coefficient (Wildman–Crippen LogP) is 0.642. The van der Waals surface area contributed by atoms with Gasteiger partial charge in [0.15, 0.2) is 0 Å². The highest BCUT2D eigenvalue weighted by Crippen LogP contribution is 1.99. The predicted molar refractivity (Wildman–Crippen MR) is 69.1 cm³/mol. The second kappa shape index (κ2) is 10.7. The van der Waals surface area contributed by atoms with Crippen molar-refractivity contribution in [1.82, 2.24) is 4.90 Å². The molecule has 6 nitrogen and oxygen atoms in total. The van der Waals surface area contributed by atoms with Crippen molar-refractivity contribution >= 4 is 17.7 Å². The molecule has 0 saturated carbocycles. The van der Waals surface area contributed by atoms with Crippen molar-refractivity contribution in [1.29, 1.82) is 0 Å². The van der Waals surface area contributed by atoms with Gasteiger partial charge in [0.2, 0.25) is 5.91 Å². The number of amides is 1. The van der Waals surface area contributed by atoms with Crippen LogP contribution in [0.1, 0.15) is 40.5 Å². The van der Waals surface area contributed by atoms with Crippen molar-refractivity contribution in [2.45, 2.75) is 46.6 Å². The van der Waals surface area contributed by atoms with Gasteiger partial charge in [-0.2, -0.15) is 0 Å². The number of ketones is 1.